The third-order valence-corrected chi connectivity index (χ3v) is 6.42. The molecule has 0 spiro atoms. The van der Waals surface area contributed by atoms with E-state index in [4.69, 9.17) is 4.74 Å². The van der Waals surface area contributed by atoms with Crippen LogP contribution in [0.4, 0.5) is 10.1 Å². The van der Waals surface area contributed by atoms with Gasteiger partial charge in [0.1, 0.15) is 11.8 Å². The lowest BCUT2D eigenvalue weighted by atomic mass is 9.93. The highest BCUT2D eigenvalue weighted by Gasteiger charge is 2.37. The number of rotatable bonds is 5. The Morgan fingerprint density at radius 2 is 2.06 bits per heavy atom. The second-order valence-corrected chi connectivity index (χ2v) is 8.36. The van der Waals surface area contributed by atoms with Crippen LogP contribution in [0.3, 0.4) is 0 Å². The molecular formula is C24H29FN4O2. The van der Waals surface area contributed by atoms with Gasteiger partial charge in [-0.1, -0.05) is 0 Å². The number of anilines is 1. The second kappa shape index (κ2) is 9.06. The molecule has 2 aromatic rings. The fourth-order valence-corrected chi connectivity index (χ4v) is 4.72. The third-order valence-electron chi connectivity index (χ3n) is 6.42. The van der Waals surface area contributed by atoms with Crippen LogP contribution in [0.15, 0.2) is 47.6 Å². The number of aryl methyl sites for hydroxylation is 1. The topological polar surface area (TPSA) is 50.1 Å². The minimum atomic E-state index is -0.493. The van der Waals surface area contributed by atoms with E-state index in [1.165, 1.54) is 50.4 Å². The number of carbonyl (C=O) groups is 1. The number of piperidine rings is 1. The Labute approximate surface area is 182 Å². The van der Waals surface area contributed by atoms with Gasteiger partial charge in [-0.05, 0) is 62.7 Å². The Bertz CT molecular complexity index is 1060. The number of pyridine rings is 1. The molecule has 31 heavy (non-hydrogen) atoms. The van der Waals surface area contributed by atoms with Crippen molar-refractivity contribution in [1.82, 2.24) is 9.47 Å². The molecule has 4 rings (SSSR count). The SMILES string of the molecule is COc1ccc(/C(=C/C=O)N=c2ccc(N3CC4CCCN(C)C4C3)cn2C)cc1F. The zero-order valence-electron chi connectivity index (χ0n) is 18.3. The molecule has 0 radical (unpaired) electrons. The van der Waals surface area contributed by atoms with E-state index in [-0.39, 0.29) is 5.75 Å². The number of ether oxygens (including phenoxy) is 1. The summed E-state index contributed by atoms with van der Waals surface area (Å²) in [4.78, 5) is 20.7. The summed E-state index contributed by atoms with van der Waals surface area (Å²) in [6.07, 6.45) is 6.65. The van der Waals surface area contributed by atoms with Crippen molar-refractivity contribution >= 4 is 17.7 Å². The van der Waals surface area contributed by atoms with E-state index in [1.54, 1.807) is 6.07 Å². The average molecular weight is 425 g/mol. The molecule has 2 unspecified atom stereocenters. The van der Waals surface area contributed by atoms with Crippen molar-refractivity contribution in [2.75, 3.05) is 38.7 Å². The predicted molar refractivity (Wildman–Crippen MR) is 119 cm³/mol. The summed E-state index contributed by atoms with van der Waals surface area (Å²) in [6, 6.07) is 9.19. The maximum absolute atomic E-state index is 14.2. The highest BCUT2D eigenvalue weighted by molar-refractivity contribution is 5.81. The van der Waals surface area contributed by atoms with E-state index in [1.807, 2.05) is 17.7 Å². The van der Waals surface area contributed by atoms with Crippen molar-refractivity contribution in [2.24, 2.45) is 18.0 Å². The molecule has 0 bridgehead atoms. The highest BCUT2D eigenvalue weighted by Crippen LogP contribution is 2.32. The number of hydrogen-bond acceptors (Lipinski definition) is 5. The Kier molecular flexibility index (Phi) is 6.23. The molecule has 2 fully saturated rings. The van der Waals surface area contributed by atoms with E-state index in [9.17, 15) is 9.18 Å². The molecule has 0 aliphatic carbocycles. The first-order chi connectivity index (χ1) is 15.0. The molecule has 164 valence electrons. The molecule has 0 saturated carbocycles. The van der Waals surface area contributed by atoms with E-state index >= 15 is 0 Å². The van der Waals surface area contributed by atoms with Crippen LogP contribution in [-0.2, 0) is 11.8 Å². The summed E-state index contributed by atoms with van der Waals surface area (Å²) < 4.78 is 21.1. The van der Waals surface area contributed by atoms with Gasteiger partial charge in [0.05, 0.1) is 18.5 Å². The number of likely N-dealkylation sites (tertiary alicyclic amines) is 1. The summed E-state index contributed by atoms with van der Waals surface area (Å²) in [5.41, 5.74) is 2.76. The van der Waals surface area contributed by atoms with Crippen LogP contribution in [0.5, 0.6) is 5.75 Å². The predicted octanol–water partition coefficient (Wildman–Crippen LogP) is 2.84. The number of methoxy groups -OCH3 is 1. The molecule has 1 aromatic carbocycles. The smallest absolute Gasteiger partial charge is 0.165 e. The van der Waals surface area contributed by atoms with Crippen LogP contribution in [0.25, 0.3) is 5.70 Å². The first-order valence-electron chi connectivity index (χ1n) is 10.7. The second-order valence-electron chi connectivity index (χ2n) is 8.36. The minimum Gasteiger partial charge on any atom is -0.494 e. The fourth-order valence-electron chi connectivity index (χ4n) is 4.72. The lowest BCUT2D eigenvalue weighted by Crippen LogP contribution is -2.42. The van der Waals surface area contributed by atoms with E-state index in [0.29, 0.717) is 29.1 Å². The summed E-state index contributed by atoms with van der Waals surface area (Å²) in [7, 11) is 5.58. The summed E-state index contributed by atoms with van der Waals surface area (Å²) in [5.74, 6) is 0.383. The Balaban J connectivity index is 1.61. The lowest BCUT2D eigenvalue weighted by molar-refractivity contribution is -0.104. The number of allylic oxidation sites excluding steroid dienone is 1. The Hall–Kier alpha value is -2.93. The van der Waals surface area contributed by atoms with Crippen LogP contribution in [0, 0.1) is 11.7 Å². The number of halogens is 1. The van der Waals surface area contributed by atoms with Crippen molar-refractivity contribution in [3.8, 4) is 5.75 Å². The molecule has 7 heteroatoms. The van der Waals surface area contributed by atoms with Crippen molar-refractivity contribution < 1.29 is 13.9 Å². The number of fused-ring (bicyclic) bond motifs is 1. The van der Waals surface area contributed by atoms with Crippen LogP contribution < -0.4 is 15.1 Å². The van der Waals surface area contributed by atoms with Gasteiger partial charge in [-0.3, -0.25) is 4.79 Å². The molecular weight excluding hydrogens is 395 g/mol. The number of aldehydes is 1. The van der Waals surface area contributed by atoms with Gasteiger partial charge in [-0.15, -0.1) is 0 Å². The Morgan fingerprint density at radius 1 is 1.23 bits per heavy atom. The molecule has 6 nitrogen and oxygen atoms in total. The van der Waals surface area contributed by atoms with Gasteiger partial charge < -0.3 is 19.1 Å². The van der Waals surface area contributed by atoms with Crippen LogP contribution in [0.1, 0.15) is 18.4 Å². The molecule has 2 aliphatic heterocycles. The number of carbonyl (C=O) groups excluding carboxylic acids is 1. The maximum Gasteiger partial charge on any atom is 0.165 e. The van der Waals surface area contributed by atoms with Gasteiger partial charge in [0.15, 0.2) is 11.6 Å². The van der Waals surface area contributed by atoms with Gasteiger partial charge in [0.2, 0.25) is 0 Å². The molecule has 0 amide bonds. The van der Waals surface area contributed by atoms with E-state index < -0.39 is 5.82 Å². The van der Waals surface area contributed by atoms with Gasteiger partial charge in [-0.2, -0.15) is 0 Å². The van der Waals surface area contributed by atoms with Crippen molar-refractivity contribution in [2.45, 2.75) is 18.9 Å². The summed E-state index contributed by atoms with van der Waals surface area (Å²) in [5, 5.41) is 0. The monoisotopic (exact) mass is 424 g/mol. The number of likely N-dealkylation sites (N-methyl/N-ethyl adjacent to an activating group) is 1. The molecule has 2 saturated heterocycles. The van der Waals surface area contributed by atoms with E-state index in [0.717, 1.165) is 19.0 Å². The van der Waals surface area contributed by atoms with Gasteiger partial charge in [0.25, 0.3) is 0 Å². The van der Waals surface area contributed by atoms with Crippen molar-refractivity contribution in [3.05, 3.63) is 59.5 Å². The molecule has 2 aliphatic rings. The summed E-state index contributed by atoms with van der Waals surface area (Å²) in [6.45, 7) is 3.30. The van der Waals surface area contributed by atoms with E-state index in [2.05, 4.69) is 34.1 Å². The first kappa shape index (κ1) is 21.3. The van der Waals surface area contributed by atoms with Crippen molar-refractivity contribution in [3.63, 3.8) is 0 Å². The van der Waals surface area contributed by atoms with Crippen molar-refractivity contribution in [1.29, 1.82) is 0 Å². The average Bonchev–Trinajstić information content (AvgIpc) is 3.20. The number of aromatic nitrogens is 1. The first-order valence-corrected chi connectivity index (χ1v) is 10.7. The number of benzene rings is 1. The van der Waals surface area contributed by atoms with Gasteiger partial charge in [0, 0.05) is 44.0 Å². The van der Waals surface area contributed by atoms with Gasteiger partial charge in [-0.25, -0.2) is 9.38 Å². The maximum atomic E-state index is 14.2. The van der Waals surface area contributed by atoms with Crippen LogP contribution in [0.2, 0.25) is 0 Å². The number of hydrogen-bond donors (Lipinski definition) is 0. The van der Waals surface area contributed by atoms with Crippen LogP contribution in [-0.4, -0.2) is 55.6 Å². The highest BCUT2D eigenvalue weighted by atomic mass is 19.1. The molecule has 3 heterocycles. The summed E-state index contributed by atoms with van der Waals surface area (Å²) >= 11 is 0. The molecule has 2 atom stereocenters. The number of nitrogens with zero attached hydrogens (tertiary/aromatic N) is 4. The fraction of sp³-hybridized carbons (Fsp3) is 0.417. The normalized spacial score (nSPS) is 22.5. The van der Waals surface area contributed by atoms with Gasteiger partial charge >= 0.3 is 0 Å². The Morgan fingerprint density at radius 3 is 2.74 bits per heavy atom. The largest absolute Gasteiger partial charge is 0.494 e. The molecule has 0 N–H and O–H groups in total. The minimum absolute atomic E-state index is 0.154. The quantitative estimate of drug-likeness (QED) is 0.547. The zero-order valence-corrected chi connectivity index (χ0v) is 18.3. The molecule has 1 aromatic heterocycles. The van der Waals surface area contributed by atoms with Crippen LogP contribution >= 0.6 is 0 Å². The zero-order chi connectivity index (χ0) is 22.0. The lowest BCUT2D eigenvalue weighted by Gasteiger charge is -2.33. The third kappa shape index (κ3) is 4.42. The standard InChI is InChI=1S/C24H29FN4O2/c1-27-11-4-5-18-14-29(16-22(18)27)19-7-9-24(28(2)15-19)26-21(10-12-30)17-6-8-23(31-3)20(25)13-17/h6-10,12-13,15,18,22H,4-5,11,14,16H2,1-3H3/b21-10-,26-24?.